The summed E-state index contributed by atoms with van der Waals surface area (Å²) in [5.74, 6) is 1.71. The lowest BCUT2D eigenvalue weighted by molar-refractivity contribution is 0.382. The van der Waals surface area contributed by atoms with Crippen LogP contribution in [0.1, 0.15) is 26.0 Å². The standard InChI is InChI=1S/C23H29N7/c1-16-15-29(5)27-17(2)22(16)20-9-10-21-23(26-20)30(13-7-12-28(21)4)18(3)25-19-8-6-11-24-14-19/h6,8-11,14,25H,3,7,12-13,15H2,1-2,4-5H3. The van der Waals surface area contributed by atoms with E-state index < -0.39 is 0 Å². The van der Waals surface area contributed by atoms with Crippen molar-refractivity contribution in [1.82, 2.24) is 15.0 Å². The number of pyridine rings is 2. The second-order valence-electron chi connectivity index (χ2n) is 7.94. The van der Waals surface area contributed by atoms with Crippen LogP contribution < -0.4 is 15.1 Å². The van der Waals surface area contributed by atoms with Crippen LogP contribution in [0.3, 0.4) is 0 Å². The van der Waals surface area contributed by atoms with Crippen molar-refractivity contribution in [2.24, 2.45) is 5.10 Å². The molecule has 0 atom stereocenters. The molecule has 0 fully saturated rings. The summed E-state index contributed by atoms with van der Waals surface area (Å²) in [6.45, 7) is 11.1. The number of allylic oxidation sites excluding steroid dienone is 1. The summed E-state index contributed by atoms with van der Waals surface area (Å²) in [5.41, 5.74) is 6.37. The van der Waals surface area contributed by atoms with Crippen LogP contribution in [0.2, 0.25) is 0 Å². The molecule has 0 unspecified atom stereocenters. The highest BCUT2D eigenvalue weighted by atomic mass is 15.4. The molecule has 0 aromatic carbocycles. The minimum Gasteiger partial charge on any atom is -0.372 e. The zero-order valence-corrected chi connectivity index (χ0v) is 18.2. The molecule has 0 saturated carbocycles. The average molecular weight is 404 g/mol. The summed E-state index contributed by atoms with van der Waals surface area (Å²) in [5, 5.41) is 9.99. The van der Waals surface area contributed by atoms with E-state index in [9.17, 15) is 0 Å². The number of anilines is 3. The monoisotopic (exact) mass is 403 g/mol. The van der Waals surface area contributed by atoms with Crippen molar-refractivity contribution in [3.05, 3.63) is 60.3 Å². The molecule has 30 heavy (non-hydrogen) atoms. The quantitative estimate of drug-likeness (QED) is 0.838. The van der Waals surface area contributed by atoms with E-state index in [4.69, 9.17) is 4.98 Å². The van der Waals surface area contributed by atoms with E-state index in [0.29, 0.717) is 0 Å². The molecule has 2 aliphatic heterocycles. The van der Waals surface area contributed by atoms with Crippen molar-refractivity contribution in [3.8, 4) is 0 Å². The highest BCUT2D eigenvalue weighted by Gasteiger charge is 2.25. The largest absolute Gasteiger partial charge is 0.372 e. The van der Waals surface area contributed by atoms with Gasteiger partial charge in [0, 0.05) is 39.0 Å². The summed E-state index contributed by atoms with van der Waals surface area (Å²) < 4.78 is 0. The van der Waals surface area contributed by atoms with Crippen molar-refractivity contribution in [2.75, 3.05) is 48.8 Å². The first kappa shape index (κ1) is 19.9. The number of nitrogens with one attached hydrogen (secondary N) is 1. The lowest BCUT2D eigenvalue weighted by Crippen LogP contribution is -2.28. The van der Waals surface area contributed by atoms with Crippen LogP contribution in [-0.2, 0) is 0 Å². The Bertz CT molecular complexity index is 1010. The third-order valence-corrected chi connectivity index (χ3v) is 5.50. The molecule has 0 aliphatic carbocycles. The Morgan fingerprint density at radius 1 is 1.13 bits per heavy atom. The Hall–Kier alpha value is -3.35. The topological polar surface area (TPSA) is 59.9 Å². The number of fused-ring (bicyclic) bond motifs is 1. The maximum absolute atomic E-state index is 5.13. The van der Waals surface area contributed by atoms with Crippen LogP contribution >= 0.6 is 0 Å². The summed E-state index contributed by atoms with van der Waals surface area (Å²) in [6.07, 6.45) is 4.58. The van der Waals surface area contributed by atoms with Crippen molar-refractivity contribution in [1.29, 1.82) is 0 Å². The molecule has 1 N–H and O–H groups in total. The molecular weight excluding hydrogens is 374 g/mol. The van der Waals surface area contributed by atoms with Crippen molar-refractivity contribution in [2.45, 2.75) is 20.3 Å². The predicted molar refractivity (Wildman–Crippen MR) is 125 cm³/mol. The van der Waals surface area contributed by atoms with E-state index >= 15 is 0 Å². The molecule has 0 saturated heterocycles. The zero-order chi connectivity index (χ0) is 21.3. The molecule has 156 valence electrons. The smallest absolute Gasteiger partial charge is 0.158 e. The number of aromatic nitrogens is 2. The molecule has 2 aromatic heterocycles. The first-order valence-corrected chi connectivity index (χ1v) is 10.3. The predicted octanol–water partition coefficient (Wildman–Crippen LogP) is 3.80. The normalized spacial score (nSPS) is 16.8. The Morgan fingerprint density at radius 3 is 2.70 bits per heavy atom. The van der Waals surface area contributed by atoms with Crippen molar-refractivity contribution >= 4 is 28.5 Å². The lowest BCUT2D eigenvalue weighted by Gasteiger charge is -2.29. The van der Waals surface area contributed by atoms with E-state index in [1.165, 1.54) is 5.57 Å². The maximum Gasteiger partial charge on any atom is 0.158 e. The Labute approximate surface area is 178 Å². The molecule has 0 radical (unpaired) electrons. The minimum atomic E-state index is 0.795. The number of hydrogen-bond acceptors (Lipinski definition) is 7. The van der Waals surface area contributed by atoms with Crippen LogP contribution in [0.4, 0.5) is 17.2 Å². The summed E-state index contributed by atoms with van der Waals surface area (Å²) in [4.78, 5) is 13.8. The second kappa shape index (κ2) is 8.18. The molecule has 2 aromatic rings. The van der Waals surface area contributed by atoms with Crippen LogP contribution in [0, 0.1) is 0 Å². The van der Waals surface area contributed by atoms with E-state index in [1.54, 1.807) is 12.4 Å². The second-order valence-corrected chi connectivity index (χ2v) is 7.94. The Balaban J connectivity index is 1.73. The maximum atomic E-state index is 5.13. The summed E-state index contributed by atoms with van der Waals surface area (Å²) in [7, 11) is 4.12. The zero-order valence-electron chi connectivity index (χ0n) is 18.2. The van der Waals surface area contributed by atoms with Gasteiger partial charge < -0.3 is 15.1 Å². The molecule has 0 spiro atoms. The van der Waals surface area contributed by atoms with E-state index in [2.05, 4.69) is 64.8 Å². The van der Waals surface area contributed by atoms with Gasteiger partial charge in [0.05, 0.1) is 35.5 Å². The van der Waals surface area contributed by atoms with Gasteiger partial charge in [-0.15, -0.1) is 0 Å². The summed E-state index contributed by atoms with van der Waals surface area (Å²) in [6, 6.07) is 8.17. The first-order valence-electron chi connectivity index (χ1n) is 10.3. The van der Waals surface area contributed by atoms with Gasteiger partial charge in [0.1, 0.15) is 5.82 Å². The van der Waals surface area contributed by atoms with Gasteiger partial charge in [0.2, 0.25) is 0 Å². The number of rotatable bonds is 4. The molecule has 0 bridgehead atoms. The van der Waals surface area contributed by atoms with Crippen LogP contribution in [0.25, 0.3) is 5.57 Å². The third kappa shape index (κ3) is 3.87. The van der Waals surface area contributed by atoms with Gasteiger partial charge in [-0.2, -0.15) is 5.10 Å². The number of nitrogens with zero attached hydrogens (tertiary/aromatic N) is 6. The Kier molecular flexibility index (Phi) is 5.44. The minimum absolute atomic E-state index is 0.795. The van der Waals surface area contributed by atoms with Gasteiger partial charge in [-0.05, 0) is 50.1 Å². The molecule has 7 heteroatoms. The lowest BCUT2D eigenvalue weighted by atomic mass is 9.99. The van der Waals surface area contributed by atoms with Crippen LogP contribution in [0.5, 0.6) is 0 Å². The van der Waals surface area contributed by atoms with Gasteiger partial charge in [-0.1, -0.05) is 6.58 Å². The molecular formula is C23H29N7. The van der Waals surface area contributed by atoms with Gasteiger partial charge in [-0.3, -0.25) is 9.99 Å². The van der Waals surface area contributed by atoms with Crippen molar-refractivity contribution < 1.29 is 0 Å². The number of hydrogen-bond donors (Lipinski definition) is 1. The molecule has 2 aliphatic rings. The first-order chi connectivity index (χ1) is 14.4. The van der Waals surface area contributed by atoms with Crippen LogP contribution in [-0.4, -0.2) is 54.4 Å². The fourth-order valence-corrected chi connectivity index (χ4v) is 4.18. The number of likely N-dealkylation sites (N-methyl/N-ethyl adjacent to an activating group) is 1. The molecule has 4 heterocycles. The number of hydrazone groups is 1. The summed E-state index contributed by atoms with van der Waals surface area (Å²) >= 11 is 0. The highest BCUT2D eigenvalue weighted by Crippen LogP contribution is 2.35. The van der Waals surface area contributed by atoms with E-state index in [-0.39, 0.29) is 0 Å². The SMILES string of the molecule is C=C(Nc1cccnc1)N1CCCN(C)c2ccc(C3=C(C)CN(C)N=C3C)nc21. The van der Waals surface area contributed by atoms with E-state index in [0.717, 1.165) is 66.0 Å². The molecule has 0 amide bonds. The van der Waals surface area contributed by atoms with Crippen molar-refractivity contribution in [3.63, 3.8) is 0 Å². The van der Waals surface area contributed by atoms with Gasteiger partial charge in [0.25, 0.3) is 0 Å². The van der Waals surface area contributed by atoms with Gasteiger partial charge in [-0.25, -0.2) is 4.98 Å². The fraction of sp³-hybridized carbons (Fsp3) is 0.348. The highest BCUT2D eigenvalue weighted by molar-refractivity contribution is 6.23. The molecule has 7 nitrogen and oxygen atoms in total. The van der Waals surface area contributed by atoms with Gasteiger partial charge in [0.15, 0.2) is 5.82 Å². The van der Waals surface area contributed by atoms with E-state index in [1.807, 2.05) is 24.2 Å². The van der Waals surface area contributed by atoms with Crippen LogP contribution in [0.15, 0.2) is 59.7 Å². The Morgan fingerprint density at radius 2 is 1.97 bits per heavy atom. The van der Waals surface area contributed by atoms with Gasteiger partial charge >= 0.3 is 0 Å². The average Bonchev–Trinajstić information content (AvgIpc) is 2.87. The third-order valence-electron chi connectivity index (χ3n) is 5.50. The molecule has 4 rings (SSSR count). The fourth-order valence-electron chi connectivity index (χ4n) is 4.18.